The number of imidazole rings is 1. The highest BCUT2D eigenvalue weighted by atomic mass is 32.2. The van der Waals surface area contributed by atoms with Gasteiger partial charge in [-0.3, -0.25) is 4.40 Å². The Morgan fingerprint density at radius 3 is 2.78 bits per heavy atom. The first-order valence-corrected chi connectivity index (χ1v) is 12.8. The van der Waals surface area contributed by atoms with Crippen LogP contribution in [0.1, 0.15) is 32.1 Å². The fourth-order valence-electron chi connectivity index (χ4n) is 3.94. The number of hydrogen-bond donors (Lipinski definition) is 1. The Morgan fingerprint density at radius 1 is 1.22 bits per heavy atom. The van der Waals surface area contributed by atoms with Crippen LogP contribution in [0.3, 0.4) is 0 Å². The number of anilines is 1. The van der Waals surface area contributed by atoms with Gasteiger partial charge in [-0.15, -0.1) is 0 Å². The van der Waals surface area contributed by atoms with Crippen molar-refractivity contribution in [3.05, 3.63) is 36.8 Å². The van der Waals surface area contributed by atoms with Gasteiger partial charge < -0.3 is 14.8 Å². The number of pyridine rings is 1. The van der Waals surface area contributed by atoms with Crippen LogP contribution < -0.4 is 10.1 Å². The molecular weight excluding hydrogens is 430 g/mol. The number of rotatable bonds is 9. The van der Waals surface area contributed by atoms with E-state index in [-0.39, 0.29) is 17.7 Å². The first-order chi connectivity index (χ1) is 15.4. The summed E-state index contributed by atoms with van der Waals surface area (Å²) in [5.41, 5.74) is 2.17. The van der Waals surface area contributed by atoms with Gasteiger partial charge in [0.25, 0.3) is 0 Å². The van der Waals surface area contributed by atoms with E-state index in [1.807, 2.05) is 28.8 Å². The highest BCUT2D eigenvalue weighted by Gasteiger charge is 2.21. The van der Waals surface area contributed by atoms with Gasteiger partial charge in [-0.05, 0) is 50.3 Å². The topological polar surface area (TPSA) is 116 Å². The minimum atomic E-state index is -3.01. The van der Waals surface area contributed by atoms with E-state index >= 15 is 0 Å². The minimum absolute atomic E-state index is 0.0866. The Bertz CT molecular complexity index is 1190. The lowest BCUT2D eigenvalue weighted by atomic mass is 9.87. The van der Waals surface area contributed by atoms with E-state index in [4.69, 9.17) is 4.74 Å². The van der Waals surface area contributed by atoms with E-state index in [1.54, 1.807) is 12.4 Å². The second-order valence-corrected chi connectivity index (χ2v) is 10.5. The van der Waals surface area contributed by atoms with E-state index in [2.05, 4.69) is 20.3 Å². The van der Waals surface area contributed by atoms with Gasteiger partial charge in [-0.25, -0.2) is 23.4 Å². The summed E-state index contributed by atoms with van der Waals surface area (Å²) in [6, 6.07) is 5.76. The molecule has 0 aromatic carbocycles. The van der Waals surface area contributed by atoms with Crippen molar-refractivity contribution in [2.75, 3.05) is 23.9 Å². The first kappa shape index (κ1) is 22.2. The van der Waals surface area contributed by atoms with Gasteiger partial charge in [0, 0.05) is 30.6 Å². The molecule has 3 aromatic rings. The smallest absolute Gasteiger partial charge is 0.223 e. The molecule has 0 aliphatic heterocycles. The fraction of sp³-hybridized carbons (Fsp3) is 0.455. The Balaban J connectivity index is 1.48. The van der Waals surface area contributed by atoms with Crippen molar-refractivity contribution in [3.63, 3.8) is 0 Å². The molecule has 170 valence electrons. The van der Waals surface area contributed by atoms with Gasteiger partial charge in [0.1, 0.15) is 16.1 Å². The number of nitrogens with zero attached hydrogens (tertiary/aromatic N) is 4. The lowest BCUT2D eigenvalue weighted by Crippen LogP contribution is -2.27. The Kier molecular flexibility index (Phi) is 6.69. The number of fused-ring (bicyclic) bond motifs is 1. The maximum atomic E-state index is 11.3. The van der Waals surface area contributed by atoms with Crippen LogP contribution >= 0.6 is 0 Å². The molecule has 4 rings (SSSR count). The number of hydrogen-bond acceptors (Lipinski definition) is 8. The van der Waals surface area contributed by atoms with Gasteiger partial charge in [0.05, 0.1) is 29.9 Å². The number of ether oxygens (including phenoxy) is 1. The van der Waals surface area contributed by atoms with Crippen molar-refractivity contribution < 1.29 is 17.9 Å². The second kappa shape index (κ2) is 9.64. The van der Waals surface area contributed by atoms with Gasteiger partial charge in [-0.1, -0.05) is 0 Å². The van der Waals surface area contributed by atoms with Gasteiger partial charge in [-0.2, -0.15) is 0 Å². The summed E-state index contributed by atoms with van der Waals surface area (Å²) in [5, 5.41) is 3.39. The van der Waals surface area contributed by atoms with Crippen LogP contribution in [0.15, 0.2) is 36.8 Å². The van der Waals surface area contributed by atoms with Crippen LogP contribution in [0.2, 0.25) is 0 Å². The SMILES string of the molecule is CS(=O)(=O)CCCOc1cccn2c(-c3ccnc(NC4CCC(C=O)CC4)n3)cnc12. The van der Waals surface area contributed by atoms with Crippen LogP contribution in [0.5, 0.6) is 5.75 Å². The maximum absolute atomic E-state index is 11.3. The Labute approximate surface area is 187 Å². The minimum Gasteiger partial charge on any atom is -0.490 e. The third kappa shape index (κ3) is 5.42. The molecule has 0 saturated heterocycles. The van der Waals surface area contributed by atoms with Crippen molar-refractivity contribution in [1.29, 1.82) is 0 Å². The largest absolute Gasteiger partial charge is 0.490 e. The second-order valence-electron chi connectivity index (χ2n) is 8.20. The number of nitrogens with one attached hydrogen (secondary N) is 1. The predicted octanol–water partition coefficient (Wildman–Crippen LogP) is 2.77. The first-order valence-electron chi connectivity index (χ1n) is 10.7. The van der Waals surface area contributed by atoms with E-state index in [1.165, 1.54) is 6.26 Å². The van der Waals surface area contributed by atoms with Crippen molar-refractivity contribution in [2.45, 2.75) is 38.1 Å². The van der Waals surface area contributed by atoms with Crippen molar-refractivity contribution >= 4 is 27.7 Å². The van der Waals surface area contributed by atoms with Crippen molar-refractivity contribution in [1.82, 2.24) is 19.4 Å². The summed E-state index contributed by atoms with van der Waals surface area (Å²) in [7, 11) is -3.01. The summed E-state index contributed by atoms with van der Waals surface area (Å²) < 4.78 is 30.3. The summed E-state index contributed by atoms with van der Waals surface area (Å²) in [6.45, 7) is 0.295. The number of aldehydes is 1. The summed E-state index contributed by atoms with van der Waals surface area (Å²) >= 11 is 0. The molecule has 1 aliphatic rings. The molecule has 3 aromatic heterocycles. The van der Waals surface area contributed by atoms with E-state index < -0.39 is 9.84 Å². The molecule has 0 bridgehead atoms. The number of carbonyl (C=O) groups is 1. The van der Waals surface area contributed by atoms with Crippen molar-refractivity contribution in [3.8, 4) is 17.1 Å². The fourth-order valence-corrected chi connectivity index (χ4v) is 4.59. The lowest BCUT2D eigenvalue weighted by molar-refractivity contribution is -0.111. The van der Waals surface area contributed by atoms with E-state index in [0.717, 1.165) is 43.4 Å². The molecule has 1 fully saturated rings. The molecular formula is C22H27N5O4S. The average molecular weight is 458 g/mol. The number of sulfone groups is 1. The van der Waals surface area contributed by atoms with Crippen LogP contribution in [0, 0.1) is 5.92 Å². The Hall–Kier alpha value is -3.01. The van der Waals surface area contributed by atoms with E-state index in [9.17, 15) is 13.2 Å². The molecule has 1 N–H and O–H groups in total. The third-order valence-electron chi connectivity index (χ3n) is 5.63. The molecule has 0 radical (unpaired) electrons. The quantitative estimate of drug-likeness (QED) is 0.385. The van der Waals surface area contributed by atoms with Crippen LogP contribution in [0.4, 0.5) is 5.95 Å². The molecule has 9 nitrogen and oxygen atoms in total. The zero-order chi connectivity index (χ0) is 22.6. The third-order valence-corrected chi connectivity index (χ3v) is 6.66. The molecule has 32 heavy (non-hydrogen) atoms. The molecule has 1 saturated carbocycles. The molecule has 10 heteroatoms. The average Bonchev–Trinajstić information content (AvgIpc) is 3.22. The van der Waals surface area contributed by atoms with Crippen LogP contribution in [0.25, 0.3) is 17.0 Å². The van der Waals surface area contributed by atoms with Gasteiger partial charge in [0.15, 0.2) is 11.4 Å². The normalized spacial score (nSPS) is 19.0. The van der Waals surface area contributed by atoms with Crippen LogP contribution in [-0.4, -0.2) is 58.7 Å². The van der Waals surface area contributed by atoms with Gasteiger partial charge >= 0.3 is 0 Å². The van der Waals surface area contributed by atoms with Crippen molar-refractivity contribution in [2.24, 2.45) is 5.92 Å². The summed E-state index contributed by atoms with van der Waals surface area (Å²) in [4.78, 5) is 24.5. The Morgan fingerprint density at radius 2 is 2.03 bits per heavy atom. The molecule has 3 heterocycles. The summed E-state index contributed by atoms with van der Waals surface area (Å²) in [6.07, 6.45) is 11.7. The molecule has 0 atom stereocenters. The number of carbonyl (C=O) groups excluding carboxylic acids is 1. The molecule has 0 amide bonds. The zero-order valence-corrected chi connectivity index (χ0v) is 18.8. The lowest BCUT2D eigenvalue weighted by Gasteiger charge is -2.26. The van der Waals surface area contributed by atoms with Crippen LogP contribution in [-0.2, 0) is 14.6 Å². The monoisotopic (exact) mass is 457 g/mol. The molecule has 1 aliphatic carbocycles. The maximum Gasteiger partial charge on any atom is 0.223 e. The van der Waals surface area contributed by atoms with Gasteiger partial charge in [0.2, 0.25) is 5.95 Å². The van der Waals surface area contributed by atoms with E-state index in [0.29, 0.717) is 30.4 Å². The molecule has 0 spiro atoms. The predicted molar refractivity (Wildman–Crippen MR) is 121 cm³/mol. The zero-order valence-electron chi connectivity index (χ0n) is 18.0. The highest BCUT2D eigenvalue weighted by Crippen LogP contribution is 2.27. The standard InChI is InChI=1S/C22H27N5O4S/c1-32(29,30)13-3-12-31-20-4-2-11-27-19(14-24-21(20)27)18-9-10-23-22(26-18)25-17-7-5-16(15-28)6-8-17/h2,4,9-11,14-17H,3,5-8,12-13H2,1H3,(H,23,25,26). The molecule has 0 unspecified atom stereocenters. The highest BCUT2D eigenvalue weighted by molar-refractivity contribution is 7.90. The summed E-state index contributed by atoms with van der Waals surface area (Å²) in [5.74, 6) is 1.40. The number of aromatic nitrogens is 4.